The van der Waals surface area contributed by atoms with E-state index in [4.69, 9.17) is 0 Å². The highest BCUT2D eigenvalue weighted by Crippen LogP contribution is 2.42. The van der Waals surface area contributed by atoms with Crippen molar-refractivity contribution in [2.45, 2.75) is 37.8 Å². The van der Waals surface area contributed by atoms with Gasteiger partial charge in [-0.1, -0.05) is 24.3 Å². The molecule has 5 rings (SSSR count). The molecule has 26 heavy (non-hydrogen) atoms. The van der Waals surface area contributed by atoms with Gasteiger partial charge in [0.25, 0.3) is 5.91 Å². The number of pyridine rings is 1. The monoisotopic (exact) mass is 344 g/mol. The zero-order chi connectivity index (χ0) is 17.5. The Morgan fingerprint density at radius 1 is 1.12 bits per heavy atom. The maximum atomic E-state index is 13.3. The molecule has 0 N–H and O–H groups in total. The van der Waals surface area contributed by atoms with Gasteiger partial charge >= 0.3 is 0 Å². The number of benzene rings is 1. The third-order valence-corrected chi connectivity index (χ3v) is 5.38. The highest BCUT2D eigenvalue weighted by atomic mass is 16.2. The predicted molar refractivity (Wildman–Crippen MR) is 98.1 cm³/mol. The fourth-order valence-electron chi connectivity index (χ4n) is 3.95. The summed E-state index contributed by atoms with van der Waals surface area (Å²) < 4.78 is 1.83. The Labute approximate surface area is 152 Å². The van der Waals surface area contributed by atoms with Crippen LogP contribution in [0.4, 0.5) is 0 Å². The third kappa shape index (κ3) is 2.60. The van der Waals surface area contributed by atoms with E-state index in [2.05, 4.69) is 39.1 Å². The van der Waals surface area contributed by atoms with Gasteiger partial charge in [-0.05, 0) is 48.9 Å². The number of hydrogen-bond donors (Lipinski definition) is 0. The summed E-state index contributed by atoms with van der Waals surface area (Å²) in [6.07, 6.45) is 11.2. The lowest BCUT2D eigenvalue weighted by Gasteiger charge is -2.30. The van der Waals surface area contributed by atoms with Gasteiger partial charge in [-0.3, -0.25) is 9.36 Å². The van der Waals surface area contributed by atoms with Crippen molar-refractivity contribution in [2.75, 3.05) is 0 Å². The summed E-state index contributed by atoms with van der Waals surface area (Å²) in [5.41, 5.74) is 3.35. The maximum absolute atomic E-state index is 13.3. The number of aromatic nitrogens is 3. The summed E-state index contributed by atoms with van der Waals surface area (Å²) in [5, 5.41) is 0. The highest BCUT2D eigenvalue weighted by Gasteiger charge is 2.40. The largest absolute Gasteiger partial charge is 0.329 e. The standard InChI is InChI=1S/C21H20N4O/c26-21(16-6-10-20(23-13-16)24-12-11-22-14-24)25(17-7-8-17)19-9-5-15-3-1-2-4-18(15)19/h1-4,6,10-14,17,19H,5,7-9H2. The van der Waals surface area contributed by atoms with Crippen molar-refractivity contribution in [3.05, 3.63) is 78.0 Å². The molecule has 130 valence electrons. The Bertz CT molecular complexity index is 929. The van der Waals surface area contributed by atoms with E-state index in [1.165, 1.54) is 11.1 Å². The summed E-state index contributed by atoms with van der Waals surface area (Å²) >= 11 is 0. The van der Waals surface area contributed by atoms with Crippen molar-refractivity contribution in [1.29, 1.82) is 0 Å². The molecule has 1 unspecified atom stereocenters. The first-order valence-corrected chi connectivity index (χ1v) is 9.16. The molecule has 0 saturated heterocycles. The Kier molecular flexibility index (Phi) is 3.59. The van der Waals surface area contributed by atoms with Crippen molar-refractivity contribution in [1.82, 2.24) is 19.4 Å². The number of fused-ring (bicyclic) bond motifs is 1. The minimum Gasteiger partial charge on any atom is -0.329 e. The van der Waals surface area contributed by atoms with E-state index in [-0.39, 0.29) is 11.9 Å². The number of carbonyl (C=O) groups is 1. The molecule has 2 aliphatic carbocycles. The summed E-state index contributed by atoms with van der Waals surface area (Å²) in [4.78, 5) is 23.9. The second-order valence-corrected chi connectivity index (χ2v) is 7.07. The van der Waals surface area contributed by atoms with Crippen LogP contribution in [0.2, 0.25) is 0 Å². The average Bonchev–Trinajstić information content (AvgIpc) is 3.20. The van der Waals surface area contributed by atoms with Crippen molar-refractivity contribution in [3.63, 3.8) is 0 Å². The lowest BCUT2D eigenvalue weighted by Crippen LogP contribution is -2.36. The molecule has 1 atom stereocenters. The lowest BCUT2D eigenvalue weighted by molar-refractivity contribution is 0.0657. The van der Waals surface area contributed by atoms with E-state index in [9.17, 15) is 4.79 Å². The van der Waals surface area contributed by atoms with Crippen molar-refractivity contribution >= 4 is 5.91 Å². The number of nitrogens with zero attached hydrogens (tertiary/aromatic N) is 4. The lowest BCUT2D eigenvalue weighted by atomic mass is 10.1. The number of hydrogen-bond acceptors (Lipinski definition) is 3. The van der Waals surface area contributed by atoms with Crippen molar-refractivity contribution < 1.29 is 4.79 Å². The molecular weight excluding hydrogens is 324 g/mol. The van der Waals surface area contributed by atoms with Crippen LogP contribution < -0.4 is 0 Å². The van der Waals surface area contributed by atoms with Crippen LogP contribution in [0.25, 0.3) is 5.82 Å². The van der Waals surface area contributed by atoms with Gasteiger partial charge in [0.2, 0.25) is 0 Å². The fourth-order valence-corrected chi connectivity index (χ4v) is 3.95. The first-order valence-electron chi connectivity index (χ1n) is 9.16. The fraction of sp³-hybridized carbons (Fsp3) is 0.286. The quantitative estimate of drug-likeness (QED) is 0.727. The molecule has 1 amide bonds. The summed E-state index contributed by atoms with van der Waals surface area (Å²) in [6.45, 7) is 0. The molecule has 5 heteroatoms. The van der Waals surface area contributed by atoms with Gasteiger partial charge in [-0.25, -0.2) is 9.97 Å². The zero-order valence-electron chi connectivity index (χ0n) is 14.5. The van der Waals surface area contributed by atoms with E-state index < -0.39 is 0 Å². The molecule has 1 fully saturated rings. The van der Waals surface area contributed by atoms with E-state index in [1.807, 2.05) is 22.9 Å². The van der Waals surface area contributed by atoms with Crippen LogP contribution in [-0.2, 0) is 6.42 Å². The van der Waals surface area contributed by atoms with Crippen LogP contribution in [0.1, 0.15) is 46.8 Å². The van der Waals surface area contributed by atoms with Gasteiger partial charge in [0, 0.05) is 24.6 Å². The highest BCUT2D eigenvalue weighted by molar-refractivity contribution is 5.94. The zero-order valence-corrected chi connectivity index (χ0v) is 14.5. The Morgan fingerprint density at radius 3 is 2.73 bits per heavy atom. The summed E-state index contributed by atoms with van der Waals surface area (Å²) in [6, 6.07) is 12.8. The molecule has 3 aromatic rings. The number of aryl methyl sites for hydroxylation is 1. The predicted octanol–water partition coefficient (Wildman–Crippen LogP) is 3.56. The number of amides is 1. The Hall–Kier alpha value is -2.95. The summed E-state index contributed by atoms with van der Waals surface area (Å²) in [5.74, 6) is 0.863. The van der Waals surface area contributed by atoms with Crippen LogP contribution in [0.5, 0.6) is 0 Å². The molecule has 0 radical (unpaired) electrons. The molecule has 1 aromatic carbocycles. The SMILES string of the molecule is O=C(c1ccc(-n2ccnc2)nc1)N(C1CC1)C1CCc2ccccc21. The Morgan fingerprint density at radius 2 is 2.00 bits per heavy atom. The van der Waals surface area contributed by atoms with E-state index in [0.717, 1.165) is 31.5 Å². The number of carbonyl (C=O) groups excluding carboxylic acids is 1. The van der Waals surface area contributed by atoms with E-state index >= 15 is 0 Å². The topological polar surface area (TPSA) is 51.0 Å². The van der Waals surface area contributed by atoms with Crippen LogP contribution >= 0.6 is 0 Å². The molecule has 0 aliphatic heterocycles. The van der Waals surface area contributed by atoms with Crippen LogP contribution in [0, 0.1) is 0 Å². The molecule has 5 nitrogen and oxygen atoms in total. The van der Waals surface area contributed by atoms with Gasteiger partial charge in [0.05, 0.1) is 11.6 Å². The first kappa shape index (κ1) is 15.3. The second-order valence-electron chi connectivity index (χ2n) is 7.07. The molecule has 0 bridgehead atoms. The normalized spacial score (nSPS) is 18.5. The first-order chi connectivity index (χ1) is 12.8. The molecule has 1 saturated carbocycles. The van der Waals surface area contributed by atoms with E-state index in [1.54, 1.807) is 18.7 Å². The minimum atomic E-state index is 0.0962. The van der Waals surface area contributed by atoms with Gasteiger partial charge in [-0.2, -0.15) is 0 Å². The molecular formula is C21H20N4O. The van der Waals surface area contributed by atoms with Crippen molar-refractivity contribution in [2.24, 2.45) is 0 Å². The van der Waals surface area contributed by atoms with Gasteiger partial charge in [-0.15, -0.1) is 0 Å². The summed E-state index contributed by atoms with van der Waals surface area (Å²) in [7, 11) is 0. The molecule has 2 aromatic heterocycles. The Balaban J connectivity index is 1.44. The van der Waals surface area contributed by atoms with Crippen molar-refractivity contribution in [3.8, 4) is 5.82 Å². The van der Waals surface area contributed by atoms with E-state index in [0.29, 0.717) is 11.6 Å². The van der Waals surface area contributed by atoms with Gasteiger partial charge in [0.15, 0.2) is 0 Å². The number of rotatable bonds is 4. The van der Waals surface area contributed by atoms with Crippen LogP contribution in [-0.4, -0.2) is 31.4 Å². The van der Waals surface area contributed by atoms with Crippen LogP contribution in [0.15, 0.2) is 61.3 Å². The van der Waals surface area contributed by atoms with Gasteiger partial charge < -0.3 is 4.90 Å². The van der Waals surface area contributed by atoms with Gasteiger partial charge in [0.1, 0.15) is 12.1 Å². The number of imidazole rings is 1. The van der Waals surface area contributed by atoms with Crippen LogP contribution in [0.3, 0.4) is 0 Å². The smallest absolute Gasteiger partial charge is 0.256 e. The minimum absolute atomic E-state index is 0.0962. The second kappa shape index (κ2) is 6.09. The average molecular weight is 344 g/mol. The molecule has 2 aliphatic rings. The molecule has 0 spiro atoms. The molecule has 2 heterocycles. The maximum Gasteiger partial charge on any atom is 0.256 e. The third-order valence-electron chi connectivity index (χ3n) is 5.38.